The number of pyridine rings is 2. The Balaban J connectivity index is 1.59. The van der Waals surface area contributed by atoms with E-state index in [0.717, 1.165) is 37.3 Å². The topological polar surface area (TPSA) is 111 Å². The zero-order valence-corrected chi connectivity index (χ0v) is 17.6. The molecule has 1 atom stereocenters. The molecule has 3 aromatic heterocycles. The molecule has 4 rings (SSSR count). The molecule has 0 aliphatic carbocycles. The van der Waals surface area contributed by atoms with Crippen LogP contribution in [0.1, 0.15) is 32.6 Å². The van der Waals surface area contributed by atoms with E-state index in [1.165, 1.54) is 0 Å². The number of rotatable bonds is 6. The summed E-state index contributed by atoms with van der Waals surface area (Å²) < 4.78 is 0. The van der Waals surface area contributed by atoms with Crippen molar-refractivity contribution in [3.05, 3.63) is 36.3 Å². The van der Waals surface area contributed by atoms with E-state index in [-0.39, 0.29) is 6.04 Å². The summed E-state index contributed by atoms with van der Waals surface area (Å²) in [5.41, 5.74) is 2.39. The average molecular weight is 409 g/mol. The van der Waals surface area contributed by atoms with Gasteiger partial charge in [0.05, 0.1) is 23.7 Å². The van der Waals surface area contributed by atoms with Gasteiger partial charge < -0.3 is 26.0 Å². The van der Waals surface area contributed by atoms with Gasteiger partial charge in [-0.15, -0.1) is 0 Å². The molecule has 158 valence electrons. The molecule has 1 saturated heterocycles. The molecule has 4 N–H and O–H groups in total. The van der Waals surface area contributed by atoms with Crippen molar-refractivity contribution < 1.29 is 5.11 Å². The van der Waals surface area contributed by atoms with Crippen molar-refractivity contribution in [2.45, 2.75) is 32.9 Å². The third kappa shape index (κ3) is 4.58. The van der Waals surface area contributed by atoms with Crippen LogP contribution in [-0.2, 0) is 0 Å². The number of fused-ring (bicyclic) bond motifs is 1. The number of aromatic nitrogens is 4. The fourth-order valence-electron chi connectivity index (χ4n) is 3.39. The van der Waals surface area contributed by atoms with E-state index in [0.29, 0.717) is 28.8 Å². The third-order valence-electron chi connectivity index (χ3n) is 4.91. The molecule has 4 heterocycles. The highest BCUT2D eigenvalue weighted by molar-refractivity contribution is 5.89. The molecular formula is C21H28N8O. The largest absolute Gasteiger partial charge is 0.387 e. The summed E-state index contributed by atoms with van der Waals surface area (Å²) in [7, 11) is 0. The van der Waals surface area contributed by atoms with Crippen LogP contribution in [0.4, 0.5) is 23.3 Å². The van der Waals surface area contributed by atoms with E-state index in [4.69, 9.17) is 0 Å². The van der Waals surface area contributed by atoms with Crippen LogP contribution >= 0.6 is 0 Å². The standard InChI is InChI=1S/C21H28N8O/c1-13(2)25-20-19-15(10-17(26-20)14(3)30)11-24-21(28-19)27-18-5-4-16(12-23-18)29-8-6-22-7-9-29/h4-5,10-14,22,30H,6-9H2,1-3H3,(H,25,26)(H,23,24,27,28)/t14-/m1/s1. The Kier molecular flexibility index (Phi) is 5.91. The first-order valence-electron chi connectivity index (χ1n) is 10.3. The summed E-state index contributed by atoms with van der Waals surface area (Å²) in [5, 5.41) is 20.6. The summed E-state index contributed by atoms with van der Waals surface area (Å²) in [6.45, 7) is 9.70. The number of piperazine rings is 1. The maximum atomic E-state index is 9.95. The fourth-order valence-corrected chi connectivity index (χ4v) is 3.39. The summed E-state index contributed by atoms with van der Waals surface area (Å²) in [6.07, 6.45) is 2.94. The van der Waals surface area contributed by atoms with Crippen LogP contribution in [0.15, 0.2) is 30.6 Å². The van der Waals surface area contributed by atoms with Gasteiger partial charge in [-0.2, -0.15) is 0 Å². The lowest BCUT2D eigenvalue weighted by atomic mass is 10.2. The normalized spacial score (nSPS) is 15.4. The Hall–Kier alpha value is -3.04. The van der Waals surface area contributed by atoms with Crippen LogP contribution in [-0.4, -0.2) is 57.3 Å². The number of hydrogen-bond acceptors (Lipinski definition) is 9. The molecule has 0 bridgehead atoms. The molecular weight excluding hydrogens is 380 g/mol. The lowest BCUT2D eigenvalue weighted by molar-refractivity contribution is 0.194. The molecule has 0 aromatic carbocycles. The van der Waals surface area contributed by atoms with E-state index in [9.17, 15) is 5.11 Å². The summed E-state index contributed by atoms with van der Waals surface area (Å²) in [4.78, 5) is 20.4. The van der Waals surface area contributed by atoms with Gasteiger partial charge >= 0.3 is 0 Å². The first-order chi connectivity index (χ1) is 14.5. The van der Waals surface area contributed by atoms with Gasteiger partial charge in [0.2, 0.25) is 5.95 Å². The van der Waals surface area contributed by atoms with Gasteiger partial charge in [0, 0.05) is 43.8 Å². The van der Waals surface area contributed by atoms with Gasteiger partial charge in [-0.05, 0) is 39.0 Å². The molecule has 9 nitrogen and oxygen atoms in total. The third-order valence-corrected chi connectivity index (χ3v) is 4.91. The zero-order chi connectivity index (χ0) is 21.1. The molecule has 1 aliphatic heterocycles. The van der Waals surface area contributed by atoms with Gasteiger partial charge in [0.25, 0.3) is 0 Å². The van der Waals surface area contributed by atoms with Crippen molar-refractivity contribution in [1.29, 1.82) is 0 Å². The Morgan fingerprint density at radius 1 is 1.07 bits per heavy atom. The Morgan fingerprint density at radius 2 is 1.87 bits per heavy atom. The number of hydrogen-bond donors (Lipinski definition) is 4. The molecule has 0 saturated carbocycles. The van der Waals surface area contributed by atoms with Crippen molar-refractivity contribution in [2.24, 2.45) is 0 Å². The summed E-state index contributed by atoms with van der Waals surface area (Å²) >= 11 is 0. The molecule has 1 aliphatic rings. The van der Waals surface area contributed by atoms with E-state index in [1.807, 2.05) is 32.2 Å². The summed E-state index contributed by atoms with van der Waals surface area (Å²) in [5.74, 6) is 1.76. The molecule has 0 amide bonds. The second-order valence-electron chi connectivity index (χ2n) is 7.77. The highest BCUT2D eigenvalue weighted by Gasteiger charge is 2.14. The molecule has 0 spiro atoms. The predicted octanol–water partition coefficient (Wildman–Crippen LogP) is 2.45. The highest BCUT2D eigenvalue weighted by atomic mass is 16.3. The fraction of sp³-hybridized carbons (Fsp3) is 0.429. The highest BCUT2D eigenvalue weighted by Crippen LogP contribution is 2.26. The van der Waals surface area contributed by atoms with E-state index in [2.05, 4.69) is 46.9 Å². The van der Waals surface area contributed by atoms with Gasteiger partial charge in [-0.3, -0.25) is 0 Å². The van der Waals surface area contributed by atoms with Crippen molar-refractivity contribution in [3.8, 4) is 0 Å². The lowest BCUT2D eigenvalue weighted by Crippen LogP contribution is -2.43. The molecule has 30 heavy (non-hydrogen) atoms. The molecule has 9 heteroatoms. The first kappa shape index (κ1) is 20.2. The minimum atomic E-state index is -0.668. The van der Waals surface area contributed by atoms with Crippen LogP contribution < -0.4 is 20.9 Å². The van der Waals surface area contributed by atoms with Crippen molar-refractivity contribution in [2.75, 3.05) is 41.7 Å². The predicted molar refractivity (Wildman–Crippen MR) is 119 cm³/mol. The Labute approximate surface area is 176 Å². The number of nitrogens with one attached hydrogen (secondary N) is 3. The van der Waals surface area contributed by atoms with Crippen LogP contribution in [0.3, 0.4) is 0 Å². The van der Waals surface area contributed by atoms with E-state index in [1.54, 1.807) is 13.1 Å². The number of aliphatic hydroxyl groups is 1. The maximum Gasteiger partial charge on any atom is 0.229 e. The van der Waals surface area contributed by atoms with E-state index >= 15 is 0 Å². The minimum Gasteiger partial charge on any atom is -0.387 e. The Bertz CT molecular complexity index is 1000. The second-order valence-corrected chi connectivity index (χ2v) is 7.77. The molecule has 0 unspecified atom stereocenters. The second kappa shape index (κ2) is 8.76. The summed E-state index contributed by atoms with van der Waals surface area (Å²) in [6, 6.07) is 5.99. The minimum absolute atomic E-state index is 0.176. The molecule has 0 radical (unpaired) electrons. The van der Waals surface area contributed by atoms with Crippen molar-refractivity contribution in [1.82, 2.24) is 25.3 Å². The van der Waals surface area contributed by atoms with Crippen LogP contribution in [0.2, 0.25) is 0 Å². The van der Waals surface area contributed by atoms with Gasteiger partial charge in [0.1, 0.15) is 11.3 Å². The van der Waals surface area contributed by atoms with E-state index < -0.39 is 6.10 Å². The average Bonchev–Trinajstić information content (AvgIpc) is 2.74. The number of anilines is 4. The molecule has 1 fully saturated rings. The first-order valence-corrected chi connectivity index (χ1v) is 10.3. The maximum absolute atomic E-state index is 9.95. The molecule has 3 aromatic rings. The zero-order valence-electron chi connectivity index (χ0n) is 17.6. The lowest BCUT2D eigenvalue weighted by Gasteiger charge is -2.29. The quantitative estimate of drug-likeness (QED) is 0.489. The number of nitrogens with zero attached hydrogens (tertiary/aromatic N) is 5. The Morgan fingerprint density at radius 3 is 2.53 bits per heavy atom. The van der Waals surface area contributed by atoms with Crippen LogP contribution in [0.25, 0.3) is 10.9 Å². The number of aliphatic hydroxyl groups excluding tert-OH is 1. The van der Waals surface area contributed by atoms with Gasteiger partial charge in [-0.25, -0.2) is 19.9 Å². The monoisotopic (exact) mass is 408 g/mol. The smallest absolute Gasteiger partial charge is 0.229 e. The van der Waals surface area contributed by atoms with Crippen molar-refractivity contribution in [3.63, 3.8) is 0 Å². The van der Waals surface area contributed by atoms with Crippen LogP contribution in [0.5, 0.6) is 0 Å². The SMILES string of the molecule is CC(C)Nc1nc([C@@H](C)O)cc2cnc(Nc3ccc(N4CCNCC4)cn3)nc12. The van der Waals surface area contributed by atoms with Gasteiger partial charge in [-0.1, -0.05) is 0 Å². The van der Waals surface area contributed by atoms with Crippen LogP contribution in [0, 0.1) is 0 Å². The van der Waals surface area contributed by atoms with Gasteiger partial charge in [0.15, 0.2) is 5.82 Å². The van der Waals surface area contributed by atoms with Crippen molar-refractivity contribution >= 4 is 34.2 Å².